The Morgan fingerprint density at radius 1 is 0.356 bits per heavy atom. The second kappa shape index (κ2) is 12.4. The van der Waals surface area contributed by atoms with Crippen molar-refractivity contribution in [3.8, 4) is 44.5 Å². The van der Waals surface area contributed by atoms with Gasteiger partial charge in [0, 0.05) is 33.0 Å². The van der Waals surface area contributed by atoms with E-state index in [0.717, 1.165) is 12.8 Å². The summed E-state index contributed by atoms with van der Waals surface area (Å²) in [5.74, 6) is 0. The van der Waals surface area contributed by atoms with Crippen molar-refractivity contribution in [3.05, 3.63) is 209 Å². The molecule has 3 aliphatic rings. The molecule has 0 fully saturated rings. The largest absolute Gasteiger partial charge is 0.309 e. The fourth-order valence-corrected chi connectivity index (χ4v) is 11.2. The van der Waals surface area contributed by atoms with Crippen LogP contribution in [0.15, 0.2) is 176 Å². The molecule has 0 atom stereocenters. The normalized spacial score (nSPS) is 15.2. The molecular weight excluding hydrogens is 711 g/mol. The van der Waals surface area contributed by atoms with E-state index in [1.54, 1.807) is 0 Å². The predicted octanol–water partition coefficient (Wildman–Crippen LogP) is 15.5. The Bertz CT molecular complexity index is 3180. The molecule has 0 unspecified atom stereocenters. The molecule has 0 saturated carbocycles. The summed E-state index contributed by atoms with van der Waals surface area (Å²) in [6.45, 7) is 9.50. The third kappa shape index (κ3) is 4.85. The minimum absolute atomic E-state index is 0.0554. The lowest BCUT2D eigenvalue weighted by atomic mass is 9.81. The smallest absolute Gasteiger partial charge is 0.0619 e. The first-order chi connectivity index (χ1) is 28.8. The Morgan fingerprint density at radius 3 is 1.56 bits per heavy atom. The lowest BCUT2D eigenvalue weighted by Gasteiger charge is -2.31. The summed E-state index contributed by atoms with van der Waals surface area (Å²) in [7, 11) is 0. The van der Waals surface area contributed by atoms with E-state index in [0.29, 0.717) is 0 Å². The molecule has 1 heteroatoms. The van der Waals surface area contributed by atoms with Crippen LogP contribution in [0.5, 0.6) is 0 Å². The van der Waals surface area contributed by atoms with Crippen molar-refractivity contribution in [1.82, 2.24) is 0 Å². The van der Waals surface area contributed by atoms with Crippen molar-refractivity contribution in [2.45, 2.75) is 51.4 Å². The van der Waals surface area contributed by atoms with Gasteiger partial charge < -0.3 is 4.90 Å². The third-order valence-corrected chi connectivity index (χ3v) is 14.1. The first-order valence-electron chi connectivity index (χ1n) is 21.2. The first-order valence-corrected chi connectivity index (χ1v) is 21.2. The van der Waals surface area contributed by atoms with Gasteiger partial charge in [-0.3, -0.25) is 0 Å². The van der Waals surface area contributed by atoms with Crippen molar-refractivity contribution in [2.24, 2.45) is 0 Å². The summed E-state index contributed by atoms with van der Waals surface area (Å²) in [6, 6.07) is 66.9. The molecular formula is C58H45N. The number of nitrogens with zero attached hydrogens (tertiary/aromatic N) is 1. The molecule has 1 aliphatic heterocycles. The summed E-state index contributed by atoms with van der Waals surface area (Å²) >= 11 is 0. The van der Waals surface area contributed by atoms with Crippen LogP contribution >= 0.6 is 0 Å². The van der Waals surface area contributed by atoms with Gasteiger partial charge in [-0.05, 0) is 132 Å². The SMILES string of the molecule is CC1(C)c2ccccc2-c2cc(-c3c4ccccc4c(N4c5ccccc5CCc5ccccc54)c4ccc(-c5ccc6c(c5)C(C)(C)c5ccccc5-6)cc34)ccc21. The molecule has 59 heavy (non-hydrogen) atoms. The lowest BCUT2D eigenvalue weighted by Crippen LogP contribution is -2.14. The van der Waals surface area contributed by atoms with Crippen LogP contribution in [0.2, 0.25) is 0 Å². The summed E-state index contributed by atoms with van der Waals surface area (Å²) in [5, 5.41) is 5.04. The topological polar surface area (TPSA) is 3.24 Å². The third-order valence-electron chi connectivity index (χ3n) is 14.1. The zero-order valence-corrected chi connectivity index (χ0v) is 34.1. The molecule has 282 valence electrons. The van der Waals surface area contributed by atoms with Crippen LogP contribution < -0.4 is 4.90 Å². The molecule has 9 aromatic rings. The molecule has 0 amide bonds. The molecule has 0 N–H and O–H groups in total. The zero-order chi connectivity index (χ0) is 39.6. The fraction of sp³-hybridized carbons (Fsp3) is 0.138. The number of anilines is 3. The van der Waals surface area contributed by atoms with Gasteiger partial charge in [0.15, 0.2) is 0 Å². The standard InChI is InChI=1S/C58H45N/c1-57(2)50-22-12-10-18-42(50)47-34-40(29-32-51(47)57)55-44-19-7-8-20-45(44)56(59-53-23-13-5-15-36(53)25-26-37-16-6-14-24-54(37)59)46-31-28-38(33-48(46)55)39-27-30-43-41-17-9-11-21-49(41)58(3,4)52(43)35-39/h5-24,27-35H,25-26H2,1-4H3. The van der Waals surface area contributed by atoms with E-state index in [1.165, 1.54) is 116 Å². The van der Waals surface area contributed by atoms with Gasteiger partial charge in [-0.2, -0.15) is 0 Å². The molecule has 12 rings (SSSR count). The van der Waals surface area contributed by atoms with Gasteiger partial charge in [0.05, 0.1) is 5.69 Å². The quantitative estimate of drug-likeness (QED) is 0.162. The number of rotatable bonds is 3. The maximum absolute atomic E-state index is 2.59. The van der Waals surface area contributed by atoms with Gasteiger partial charge in [-0.25, -0.2) is 0 Å². The predicted molar refractivity (Wildman–Crippen MR) is 250 cm³/mol. The molecule has 0 bridgehead atoms. The number of para-hydroxylation sites is 2. The maximum Gasteiger partial charge on any atom is 0.0619 e. The van der Waals surface area contributed by atoms with E-state index < -0.39 is 0 Å². The average Bonchev–Trinajstić information content (AvgIpc) is 3.55. The van der Waals surface area contributed by atoms with Gasteiger partial charge >= 0.3 is 0 Å². The van der Waals surface area contributed by atoms with Crippen LogP contribution in [0.1, 0.15) is 61.1 Å². The van der Waals surface area contributed by atoms with Gasteiger partial charge in [0.25, 0.3) is 0 Å². The highest BCUT2D eigenvalue weighted by Crippen LogP contribution is 2.55. The number of fused-ring (bicyclic) bond motifs is 10. The second-order valence-corrected chi connectivity index (χ2v) is 18.0. The van der Waals surface area contributed by atoms with E-state index in [9.17, 15) is 0 Å². The Morgan fingerprint density at radius 2 is 0.847 bits per heavy atom. The van der Waals surface area contributed by atoms with Crippen LogP contribution in [0.25, 0.3) is 66.1 Å². The highest BCUT2D eigenvalue weighted by Gasteiger charge is 2.37. The molecule has 2 aliphatic carbocycles. The Kier molecular flexibility index (Phi) is 7.22. The Hall–Kier alpha value is -6.70. The summed E-state index contributed by atoms with van der Waals surface area (Å²) in [6.07, 6.45) is 2.01. The van der Waals surface area contributed by atoms with Crippen LogP contribution in [-0.4, -0.2) is 0 Å². The number of hydrogen-bond donors (Lipinski definition) is 0. The summed E-state index contributed by atoms with van der Waals surface area (Å²) in [4.78, 5) is 2.59. The monoisotopic (exact) mass is 755 g/mol. The van der Waals surface area contributed by atoms with E-state index in [-0.39, 0.29) is 10.8 Å². The van der Waals surface area contributed by atoms with Crippen molar-refractivity contribution >= 4 is 38.6 Å². The fourth-order valence-electron chi connectivity index (χ4n) is 11.2. The summed E-state index contributed by atoms with van der Waals surface area (Å²) in [5.41, 5.74) is 22.4. The van der Waals surface area contributed by atoms with E-state index >= 15 is 0 Å². The minimum Gasteiger partial charge on any atom is -0.309 e. The molecule has 0 aromatic heterocycles. The highest BCUT2D eigenvalue weighted by molar-refractivity contribution is 6.23. The number of hydrogen-bond acceptors (Lipinski definition) is 1. The van der Waals surface area contributed by atoms with Crippen molar-refractivity contribution in [1.29, 1.82) is 0 Å². The second-order valence-electron chi connectivity index (χ2n) is 18.0. The van der Waals surface area contributed by atoms with Gasteiger partial charge in [-0.1, -0.05) is 173 Å². The van der Waals surface area contributed by atoms with Gasteiger partial charge in [0.2, 0.25) is 0 Å². The van der Waals surface area contributed by atoms with Crippen molar-refractivity contribution in [2.75, 3.05) is 4.90 Å². The number of aryl methyl sites for hydroxylation is 2. The molecule has 0 spiro atoms. The number of benzene rings is 9. The van der Waals surface area contributed by atoms with E-state index in [1.807, 2.05) is 0 Å². The van der Waals surface area contributed by atoms with Crippen molar-refractivity contribution in [3.63, 3.8) is 0 Å². The van der Waals surface area contributed by atoms with Crippen LogP contribution in [0, 0.1) is 0 Å². The molecule has 0 saturated heterocycles. The highest BCUT2D eigenvalue weighted by atomic mass is 15.2. The molecule has 1 nitrogen and oxygen atoms in total. The van der Waals surface area contributed by atoms with Gasteiger partial charge in [-0.15, -0.1) is 0 Å². The van der Waals surface area contributed by atoms with Crippen LogP contribution in [0.4, 0.5) is 17.1 Å². The lowest BCUT2D eigenvalue weighted by molar-refractivity contribution is 0.660. The van der Waals surface area contributed by atoms with Crippen LogP contribution in [0.3, 0.4) is 0 Å². The van der Waals surface area contributed by atoms with Gasteiger partial charge in [0.1, 0.15) is 0 Å². The first kappa shape index (κ1) is 34.4. The minimum atomic E-state index is -0.0741. The Labute approximate surface area is 347 Å². The van der Waals surface area contributed by atoms with Crippen LogP contribution in [-0.2, 0) is 23.7 Å². The van der Waals surface area contributed by atoms with E-state index in [4.69, 9.17) is 0 Å². The molecule has 0 radical (unpaired) electrons. The van der Waals surface area contributed by atoms with E-state index in [2.05, 4.69) is 209 Å². The zero-order valence-electron chi connectivity index (χ0n) is 34.1. The maximum atomic E-state index is 2.59. The van der Waals surface area contributed by atoms with Crippen molar-refractivity contribution < 1.29 is 0 Å². The summed E-state index contributed by atoms with van der Waals surface area (Å²) < 4.78 is 0. The molecule has 9 aromatic carbocycles. The Balaban J connectivity index is 1.17. The average molecular weight is 756 g/mol. The molecule has 1 heterocycles.